The van der Waals surface area contributed by atoms with Gasteiger partial charge in [0.25, 0.3) is 0 Å². The summed E-state index contributed by atoms with van der Waals surface area (Å²) in [5.41, 5.74) is 2.25. The summed E-state index contributed by atoms with van der Waals surface area (Å²) in [4.78, 5) is 29.1. The van der Waals surface area contributed by atoms with Crippen molar-refractivity contribution in [3.8, 4) is 5.13 Å². The van der Waals surface area contributed by atoms with Crippen molar-refractivity contribution in [3.63, 3.8) is 0 Å². The number of rotatable bonds is 5. The zero-order chi connectivity index (χ0) is 17.3. The molecule has 24 heavy (non-hydrogen) atoms. The molecule has 0 aliphatic rings. The lowest BCUT2D eigenvalue weighted by Gasteiger charge is -2.06. The number of ketones is 1. The van der Waals surface area contributed by atoms with Gasteiger partial charge in [0.15, 0.2) is 11.7 Å². The highest BCUT2D eigenvalue weighted by Crippen LogP contribution is 2.24. The maximum atomic E-state index is 12.4. The molecule has 3 aromatic heterocycles. The molecule has 0 spiro atoms. The molecule has 3 heterocycles. The smallest absolute Gasteiger partial charge is 0.348 e. The number of ether oxygens (including phenoxy) is 1. The monoisotopic (exact) mass is 424 g/mol. The van der Waals surface area contributed by atoms with Crippen molar-refractivity contribution in [2.24, 2.45) is 0 Å². The molecular weight excluding hydrogens is 412 g/mol. The maximum Gasteiger partial charge on any atom is 0.348 e. The summed E-state index contributed by atoms with van der Waals surface area (Å²) < 4.78 is 7.90. The van der Waals surface area contributed by atoms with Gasteiger partial charge in [-0.2, -0.15) is 0 Å². The molecule has 0 unspecified atom stereocenters. The third-order valence-corrected chi connectivity index (χ3v) is 5.81. The minimum Gasteiger partial charge on any atom is -0.453 e. The lowest BCUT2D eigenvalue weighted by atomic mass is 10.1. The topological polar surface area (TPSA) is 61.2 Å². The standard InChI is InChI=1S/C16H13BrN2O3S2/c1-9-7-11(10(2)19(9)16-18-5-6-23-16)12(20)8-22-15(21)13-3-4-14(17)24-13/h3-7H,8H2,1-2H3. The van der Waals surface area contributed by atoms with Gasteiger partial charge in [0.1, 0.15) is 4.88 Å². The Bertz CT molecular complexity index is 897. The molecule has 124 valence electrons. The third kappa shape index (κ3) is 3.35. The van der Waals surface area contributed by atoms with Gasteiger partial charge in [0, 0.05) is 28.5 Å². The molecule has 0 radical (unpaired) electrons. The molecule has 0 saturated carbocycles. The van der Waals surface area contributed by atoms with Gasteiger partial charge in [-0.05, 0) is 48.0 Å². The molecule has 0 N–H and O–H groups in total. The molecular formula is C16H13BrN2O3S2. The van der Waals surface area contributed by atoms with Gasteiger partial charge in [0.05, 0.1) is 3.79 Å². The maximum absolute atomic E-state index is 12.4. The van der Waals surface area contributed by atoms with Crippen LogP contribution in [0.1, 0.15) is 31.4 Å². The second-order valence-electron chi connectivity index (χ2n) is 5.04. The van der Waals surface area contributed by atoms with Gasteiger partial charge in [-0.25, -0.2) is 9.78 Å². The van der Waals surface area contributed by atoms with Crippen LogP contribution in [-0.2, 0) is 4.74 Å². The van der Waals surface area contributed by atoms with Crippen molar-refractivity contribution in [3.05, 3.63) is 55.4 Å². The molecule has 0 bridgehead atoms. The summed E-state index contributed by atoms with van der Waals surface area (Å²) in [6, 6.07) is 5.23. The summed E-state index contributed by atoms with van der Waals surface area (Å²) in [6.07, 6.45) is 1.72. The van der Waals surface area contributed by atoms with Gasteiger partial charge in [0.2, 0.25) is 5.78 Å². The number of hydrogen-bond donors (Lipinski definition) is 0. The summed E-state index contributed by atoms with van der Waals surface area (Å²) in [5.74, 6) is -0.720. The van der Waals surface area contributed by atoms with E-state index >= 15 is 0 Å². The Hall–Kier alpha value is -1.77. The zero-order valence-electron chi connectivity index (χ0n) is 12.9. The van der Waals surface area contributed by atoms with Crippen LogP contribution in [0.2, 0.25) is 0 Å². The van der Waals surface area contributed by atoms with E-state index in [2.05, 4.69) is 20.9 Å². The fourth-order valence-electron chi connectivity index (χ4n) is 2.37. The molecule has 0 saturated heterocycles. The Kier molecular flexibility index (Phi) is 4.98. The van der Waals surface area contributed by atoms with Crippen LogP contribution in [0.3, 0.4) is 0 Å². The number of nitrogens with zero attached hydrogens (tertiary/aromatic N) is 2. The number of thiophene rings is 1. The van der Waals surface area contributed by atoms with Crippen LogP contribution in [0.5, 0.6) is 0 Å². The molecule has 5 nitrogen and oxygen atoms in total. The fraction of sp³-hybridized carbons (Fsp3) is 0.188. The number of hydrogen-bond acceptors (Lipinski definition) is 6. The number of halogens is 1. The first kappa shape index (κ1) is 17.1. The van der Waals surface area contributed by atoms with Crippen LogP contribution >= 0.6 is 38.6 Å². The number of Topliss-reactive ketones (excluding diaryl/α,β-unsaturated/α-hetero) is 1. The van der Waals surface area contributed by atoms with Gasteiger partial charge >= 0.3 is 5.97 Å². The Balaban J connectivity index is 1.74. The molecule has 0 atom stereocenters. The number of thiazole rings is 1. The molecule has 0 aromatic carbocycles. The first-order valence-corrected chi connectivity index (χ1v) is 9.50. The number of esters is 1. The Morgan fingerprint density at radius 3 is 2.75 bits per heavy atom. The number of aryl methyl sites for hydroxylation is 1. The lowest BCUT2D eigenvalue weighted by Crippen LogP contribution is -2.14. The average molecular weight is 425 g/mol. The van der Waals surface area contributed by atoms with Crippen molar-refractivity contribution in [1.82, 2.24) is 9.55 Å². The van der Waals surface area contributed by atoms with Crippen molar-refractivity contribution in [2.75, 3.05) is 6.61 Å². The van der Waals surface area contributed by atoms with Crippen molar-refractivity contribution < 1.29 is 14.3 Å². The summed E-state index contributed by atoms with van der Waals surface area (Å²) in [5, 5.41) is 2.70. The van der Waals surface area contributed by atoms with E-state index in [1.165, 1.54) is 22.7 Å². The molecule has 0 fully saturated rings. The van der Waals surface area contributed by atoms with Crippen LogP contribution < -0.4 is 0 Å². The molecule has 0 amide bonds. The minimum atomic E-state index is -0.493. The van der Waals surface area contributed by atoms with E-state index in [4.69, 9.17) is 4.74 Å². The highest BCUT2D eigenvalue weighted by atomic mass is 79.9. The normalized spacial score (nSPS) is 10.8. The second-order valence-corrected chi connectivity index (χ2v) is 8.37. The molecule has 0 aliphatic carbocycles. The zero-order valence-corrected chi connectivity index (χ0v) is 16.1. The van der Waals surface area contributed by atoms with Crippen molar-refractivity contribution in [1.29, 1.82) is 0 Å². The van der Waals surface area contributed by atoms with E-state index in [0.29, 0.717) is 10.4 Å². The second kappa shape index (κ2) is 7.00. The highest BCUT2D eigenvalue weighted by Gasteiger charge is 2.19. The summed E-state index contributed by atoms with van der Waals surface area (Å²) in [6.45, 7) is 3.50. The molecule has 8 heteroatoms. The first-order valence-electron chi connectivity index (χ1n) is 7.02. The highest BCUT2D eigenvalue weighted by molar-refractivity contribution is 9.11. The predicted octanol–water partition coefficient (Wildman–Crippen LogP) is 4.41. The van der Waals surface area contributed by atoms with Crippen LogP contribution in [-0.4, -0.2) is 27.9 Å². The third-order valence-electron chi connectivity index (χ3n) is 3.45. The van der Waals surface area contributed by atoms with Crippen LogP contribution in [0.4, 0.5) is 0 Å². The van der Waals surface area contributed by atoms with Gasteiger partial charge in [-0.3, -0.25) is 9.36 Å². The lowest BCUT2D eigenvalue weighted by molar-refractivity contribution is 0.0479. The Labute approximate surface area is 155 Å². The van der Waals surface area contributed by atoms with Gasteiger partial charge < -0.3 is 4.74 Å². The summed E-state index contributed by atoms with van der Waals surface area (Å²) in [7, 11) is 0. The molecule has 0 aliphatic heterocycles. The van der Waals surface area contributed by atoms with Crippen LogP contribution in [0.25, 0.3) is 5.13 Å². The Morgan fingerprint density at radius 2 is 2.12 bits per heavy atom. The van der Waals surface area contributed by atoms with Crippen molar-refractivity contribution >= 4 is 50.4 Å². The Morgan fingerprint density at radius 1 is 1.33 bits per heavy atom. The largest absolute Gasteiger partial charge is 0.453 e. The fourth-order valence-corrected chi connectivity index (χ4v) is 4.40. The summed E-state index contributed by atoms with van der Waals surface area (Å²) >= 11 is 6.06. The average Bonchev–Trinajstić information content (AvgIpc) is 3.26. The van der Waals surface area contributed by atoms with Gasteiger partial charge in [-0.1, -0.05) is 0 Å². The number of aromatic nitrogens is 2. The predicted molar refractivity (Wildman–Crippen MR) is 97.5 cm³/mol. The van der Waals surface area contributed by atoms with E-state index in [9.17, 15) is 9.59 Å². The van der Waals surface area contributed by atoms with E-state index in [-0.39, 0.29) is 12.4 Å². The quantitative estimate of drug-likeness (QED) is 0.449. The van der Waals surface area contributed by atoms with Crippen molar-refractivity contribution in [2.45, 2.75) is 13.8 Å². The van der Waals surface area contributed by atoms with Gasteiger partial charge in [-0.15, -0.1) is 22.7 Å². The SMILES string of the molecule is Cc1cc(C(=O)COC(=O)c2ccc(Br)s2)c(C)n1-c1nccs1. The van der Waals surface area contributed by atoms with E-state index < -0.39 is 5.97 Å². The number of carbonyl (C=O) groups is 2. The van der Waals surface area contributed by atoms with Crippen LogP contribution in [0, 0.1) is 13.8 Å². The van der Waals surface area contributed by atoms with E-state index in [1.807, 2.05) is 23.8 Å². The molecule has 3 aromatic rings. The first-order chi connectivity index (χ1) is 11.5. The number of carbonyl (C=O) groups excluding carboxylic acids is 2. The molecule has 3 rings (SSSR count). The van der Waals surface area contributed by atoms with E-state index in [1.54, 1.807) is 24.4 Å². The van der Waals surface area contributed by atoms with Crippen LogP contribution in [0.15, 0.2) is 33.6 Å². The van der Waals surface area contributed by atoms with E-state index in [0.717, 1.165) is 20.3 Å². The minimum absolute atomic E-state index is 0.227.